The van der Waals surface area contributed by atoms with Crippen LogP contribution in [0.3, 0.4) is 0 Å². The number of pyridine rings is 1. The SMILES string of the molecule is CCc1ccc(C#N)c(N)n1. The molecule has 56 valence electrons. The molecule has 0 unspecified atom stereocenters. The Hall–Kier alpha value is -1.56. The van der Waals surface area contributed by atoms with Crippen molar-refractivity contribution in [3.63, 3.8) is 0 Å². The summed E-state index contributed by atoms with van der Waals surface area (Å²) in [5.41, 5.74) is 6.84. The molecular weight excluding hydrogens is 138 g/mol. The summed E-state index contributed by atoms with van der Waals surface area (Å²) in [5, 5.41) is 8.51. The van der Waals surface area contributed by atoms with E-state index in [2.05, 4.69) is 4.98 Å². The molecular formula is C8H9N3. The molecule has 1 aromatic rings. The molecule has 0 saturated heterocycles. The predicted octanol–water partition coefficient (Wildman–Crippen LogP) is 1.10. The Morgan fingerprint density at radius 3 is 2.82 bits per heavy atom. The highest BCUT2D eigenvalue weighted by atomic mass is 14.8. The second-order valence-corrected chi connectivity index (χ2v) is 2.20. The highest BCUT2D eigenvalue weighted by Crippen LogP contribution is 2.07. The van der Waals surface area contributed by atoms with Gasteiger partial charge in [-0.2, -0.15) is 5.26 Å². The van der Waals surface area contributed by atoms with Crippen LogP contribution in [0.15, 0.2) is 12.1 Å². The normalized spacial score (nSPS) is 9.09. The molecule has 0 aliphatic carbocycles. The van der Waals surface area contributed by atoms with Gasteiger partial charge in [-0.05, 0) is 18.6 Å². The van der Waals surface area contributed by atoms with Gasteiger partial charge in [-0.3, -0.25) is 0 Å². The summed E-state index contributed by atoms with van der Waals surface area (Å²) < 4.78 is 0. The molecule has 0 saturated carbocycles. The van der Waals surface area contributed by atoms with Crippen molar-refractivity contribution in [3.05, 3.63) is 23.4 Å². The van der Waals surface area contributed by atoms with Crippen molar-refractivity contribution in [2.24, 2.45) is 0 Å². The van der Waals surface area contributed by atoms with Gasteiger partial charge in [0.05, 0.1) is 5.56 Å². The first kappa shape index (κ1) is 7.55. The van der Waals surface area contributed by atoms with Gasteiger partial charge < -0.3 is 5.73 Å². The first-order chi connectivity index (χ1) is 5.27. The van der Waals surface area contributed by atoms with Crippen molar-refractivity contribution < 1.29 is 0 Å². The van der Waals surface area contributed by atoms with Gasteiger partial charge in [0.25, 0.3) is 0 Å². The zero-order valence-electron chi connectivity index (χ0n) is 6.33. The van der Waals surface area contributed by atoms with Gasteiger partial charge in [-0.15, -0.1) is 0 Å². The van der Waals surface area contributed by atoms with E-state index >= 15 is 0 Å². The van der Waals surface area contributed by atoms with E-state index in [-0.39, 0.29) is 0 Å². The first-order valence-corrected chi connectivity index (χ1v) is 3.43. The van der Waals surface area contributed by atoms with Gasteiger partial charge in [-0.25, -0.2) is 4.98 Å². The average Bonchev–Trinajstić information content (AvgIpc) is 2.04. The van der Waals surface area contributed by atoms with Crippen molar-refractivity contribution in [1.29, 1.82) is 5.26 Å². The predicted molar refractivity (Wildman–Crippen MR) is 42.7 cm³/mol. The number of anilines is 1. The lowest BCUT2D eigenvalue weighted by Gasteiger charge is -1.98. The maximum absolute atomic E-state index is 8.51. The van der Waals surface area contributed by atoms with Crippen LogP contribution in [0.2, 0.25) is 0 Å². The zero-order valence-corrected chi connectivity index (χ0v) is 6.33. The fraction of sp³-hybridized carbons (Fsp3) is 0.250. The van der Waals surface area contributed by atoms with Crippen LogP contribution in [-0.4, -0.2) is 4.98 Å². The summed E-state index contributed by atoms with van der Waals surface area (Å²) in [6.07, 6.45) is 0.843. The number of aromatic nitrogens is 1. The van der Waals surface area contributed by atoms with Crippen LogP contribution in [0.1, 0.15) is 18.2 Å². The molecule has 3 heteroatoms. The number of nitrogen functional groups attached to an aromatic ring is 1. The number of nitrogens with two attached hydrogens (primary N) is 1. The van der Waals surface area contributed by atoms with Gasteiger partial charge in [0.2, 0.25) is 0 Å². The van der Waals surface area contributed by atoms with Crippen molar-refractivity contribution in [3.8, 4) is 6.07 Å². The Kier molecular flexibility index (Phi) is 2.07. The number of rotatable bonds is 1. The molecule has 1 rings (SSSR count). The minimum atomic E-state index is 0.326. The number of nitrogens with zero attached hydrogens (tertiary/aromatic N) is 2. The van der Waals surface area contributed by atoms with Gasteiger partial charge in [0.15, 0.2) is 0 Å². The molecule has 11 heavy (non-hydrogen) atoms. The van der Waals surface area contributed by atoms with Crippen LogP contribution in [0.5, 0.6) is 0 Å². The Bertz CT molecular complexity index is 299. The smallest absolute Gasteiger partial charge is 0.141 e. The second kappa shape index (κ2) is 3.02. The Labute approximate surface area is 65.5 Å². The van der Waals surface area contributed by atoms with E-state index in [0.717, 1.165) is 12.1 Å². The molecule has 0 bridgehead atoms. The van der Waals surface area contributed by atoms with Gasteiger partial charge in [0, 0.05) is 5.69 Å². The number of nitriles is 1. The highest BCUT2D eigenvalue weighted by molar-refractivity contribution is 5.48. The summed E-state index contributed by atoms with van der Waals surface area (Å²) in [4.78, 5) is 4.02. The summed E-state index contributed by atoms with van der Waals surface area (Å²) in [5.74, 6) is 0.326. The minimum Gasteiger partial charge on any atom is -0.383 e. The third kappa shape index (κ3) is 1.47. The standard InChI is InChI=1S/C8H9N3/c1-2-7-4-3-6(5-9)8(10)11-7/h3-4H,2H2,1H3,(H2,10,11). The molecule has 0 atom stereocenters. The van der Waals surface area contributed by atoms with E-state index in [9.17, 15) is 0 Å². The molecule has 1 aromatic heterocycles. The van der Waals surface area contributed by atoms with Crippen LogP contribution >= 0.6 is 0 Å². The molecule has 0 spiro atoms. The summed E-state index contributed by atoms with van der Waals surface area (Å²) in [7, 11) is 0. The average molecular weight is 147 g/mol. The third-order valence-electron chi connectivity index (χ3n) is 1.47. The van der Waals surface area contributed by atoms with Crippen LogP contribution < -0.4 is 5.73 Å². The summed E-state index contributed by atoms with van der Waals surface area (Å²) in [6, 6.07) is 5.47. The molecule has 3 nitrogen and oxygen atoms in total. The van der Waals surface area contributed by atoms with E-state index in [0.29, 0.717) is 11.4 Å². The van der Waals surface area contributed by atoms with E-state index < -0.39 is 0 Å². The molecule has 0 aliphatic heterocycles. The quantitative estimate of drug-likeness (QED) is 0.646. The largest absolute Gasteiger partial charge is 0.383 e. The maximum Gasteiger partial charge on any atom is 0.141 e. The second-order valence-electron chi connectivity index (χ2n) is 2.20. The van der Waals surface area contributed by atoms with Crippen LogP contribution in [0.25, 0.3) is 0 Å². The lowest BCUT2D eigenvalue weighted by atomic mass is 10.2. The van der Waals surface area contributed by atoms with Crippen molar-refractivity contribution in [2.45, 2.75) is 13.3 Å². The Morgan fingerprint density at radius 2 is 2.36 bits per heavy atom. The van der Waals surface area contributed by atoms with Gasteiger partial charge in [0.1, 0.15) is 11.9 Å². The van der Waals surface area contributed by atoms with Crippen LogP contribution in [0.4, 0.5) is 5.82 Å². The molecule has 0 fully saturated rings. The molecule has 0 aliphatic rings. The van der Waals surface area contributed by atoms with E-state index in [1.807, 2.05) is 19.1 Å². The minimum absolute atomic E-state index is 0.326. The van der Waals surface area contributed by atoms with Crippen molar-refractivity contribution >= 4 is 5.82 Å². The zero-order chi connectivity index (χ0) is 8.27. The molecule has 2 N–H and O–H groups in total. The van der Waals surface area contributed by atoms with E-state index in [4.69, 9.17) is 11.0 Å². The van der Waals surface area contributed by atoms with E-state index in [1.54, 1.807) is 6.07 Å². The number of aryl methyl sites for hydroxylation is 1. The topological polar surface area (TPSA) is 62.7 Å². The molecule has 0 aromatic carbocycles. The highest BCUT2D eigenvalue weighted by Gasteiger charge is 1.98. The summed E-state index contributed by atoms with van der Waals surface area (Å²) >= 11 is 0. The van der Waals surface area contributed by atoms with Crippen LogP contribution in [-0.2, 0) is 6.42 Å². The molecule has 1 heterocycles. The van der Waals surface area contributed by atoms with Gasteiger partial charge >= 0.3 is 0 Å². The lowest BCUT2D eigenvalue weighted by molar-refractivity contribution is 1.04. The van der Waals surface area contributed by atoms with E-state index in [1.165, 1.54) is 0 Å². The first-order valence-electron chi connectivity index (χ1n) is 3.43. The number of hydrogen-bond donors (Lipinski definition) is 1. The maximum atomic E-state index is 8.51. The van der Waals surface area contributed by atoms with Crippen molar-refractivity contribution in [2.75, 3.05) is 5.73 Å². The monoisotopic (exact) mass is 147 g/mol. The molecule has 0 amide bonds. The fourth-order valence-corrected chi connectivity index (χ4v) is 0.809. The molecule has 0 radical (unpaired) electrons. The number of hydrogen-bond acceptors (Lipinski definition) is 3. The van der Waals surface area contributed by atoms with Crippen LogP contribution in [0, 0.1) is 11.3 Å². The lowest BCUT2D eigenvalue weighted by Crippen LogP contribution is -1.97. The Balaban J connectivity index is 3.12. The van der Waals surface area contributed by atoms with Crippen molar-refractivity contribution in [1.82, 2.24) is 4.98 Å². The Morgan fingerprint density at radius 1 is 1.64 bits per heavy atom. The van der Waals surface area contributed by atoms with Gasteiger partial charge in [-0.1, -0.05) is 6.92 Å². The third-order valence-corrected chi connectivity index (χ3v) is 1.47. The fourth-order valence-electron chi connectivity index (χ4n) is 0.809. The summed E-state index contributed by atoms with van der Waals surface area (Å²) in [6.45, 7) is 1.99.